The highest BCUT2D eigenvalue weighted by Gasteiger charge is 2.00. The lowest BCUT2D eigenvalue weighted by Gasteiger charge is -2.09. The molecule has 2 N–H and O–H groups in total. The van der Waals surface area contributed by atoms with Crippen LogP contribution < -0.4 is 10.5 Å². The Labute approximate surface area is 89.0 Å². The van der Waals surface area contributed by atoms with E-state index in [-0.39, 0.29) is 6.61 Å². The summed E-state index contributed by atoms with van der Waals surface area (Å²) in [5, 5.41) is 0. The maximum atomic E-state index is 10.3. The fourth-order valence-corrected chi connectivity index (χ4v) is 1.26. The van der Waals surface area contributed by atoms with Gasteiger partial charge in [-0.25, -0.2) is 4.79 Å². The van der Waals surface area contributed by atoms with Crippen molar-refractivity contribution in [3.63, 3.8) is 0 Å². The van der Waals surface area contributed by atoms with Gasteiger partial charge in [0.25, 0.3) is 0 Å². The highest BCUT2D eigenvalue weighted by molar-refractivity contribution is 5.64. The van der Waals surface area contributed by atoms with Gasteiger partial charge in [0.15, 0.2) is 0 Å². The van der Waals surface area contributed by atoms with Crippen LogP contribution in [0.4, 0.5) is 4.79 Å². The zero-order chi connectivity index (χ0) is 11.3. The Bertz CT molecular complexity index is 350. The van der Waals surface area contributed by atoms with E-state index >= 15 is 0 Å². The van der Waals surface area contributed by atoms with Gasteiger partial charge < -0.3 is 15.2 Å². The predicted molar refractivity (Wildman–Crippen MR) is 56.9 cm³/mol. The fraction of sp³-hybridized carbons (Fsp3) is 0.364. The first-order chi connectivity index (χ1) is 7.09. The molecular weight excluding hydrogens is 194 g/mol. The summed E-state index contributed by atoms with van der Waals surface area (Å²) in [7, 11) is 0. The molecule has 0 aliphatic rings. The number of hydrogen-bond donors (Lipinski definition) is 1. The van der Waals surface area contributed by atoms with E-state index < -0.39 is 6.09 Å². The minimum Gasteiger partial charge on any atom is -0.490 e. The van der Waals surface area contributed by atoms with Crippen molar-refractivity contribution in [2.45, 2.75) is 13.8 Å². The smallest absolute Gasteiger partial charge is 0.404 e. The Morgan fingerprint density at radius 3 is 2.67 bits per heavy atom. The van der Waals surface area contributed by atoms with Gasteiger partial charge in [0.2, 0.25) is 0 Å². The second-order valence-corrected chi connectivity index (χ2v) is 3.28. The van der Waals surface area contributed by atoms with Gasteiger partial charge in [0, 0.05) is 0 Å². The number of primary amides is 1. The van der Waals surface area contributed by atoms with E-state index in [1.165, 1.54) is 5.56 Å². The lowest BCUT2D eigenvalue weighted by molar-refractivity contribution is 0.133. The number of aryl methyl sites for hydroxylation is 2. The van der Waals surface area contributed by atoms with Crippen LogP contribution in [-0.4, -0.2) is 19.3 Å². The van der Waals surface area contributed by atoms with Crippen molar-refractivity contribution >= 4 is 6.09 Å². The molecule has 0 spiro atoms. The third kappa shape index (κ3) is 3.89. The molecule has 82 valence electrons. The van der Waals surface area contributed by atoms with Crippen LogP contribution in [-0.2, 0) is 4.74 Å². The van der Waals surface area contributed by atoms with Crippen LogP contribution in [0, 0.1) is 13.8 Å². The predicted octanol–water partition coefficient (Wildman–Crippen LogP) is 1.78. The van der Waals surface area contributed by atoms with Gasteiger partial charge in [-0.15, -0.1) is 0 Å². The molecule has 0 fully saturated rings. The molecule has 0 aliphatic heterocycles. The Morgan fingerprint density at radius 2 is 2.07 bits per heavy atom. The lowest BCUT2D eigenvalue weighted by atomic mass is 10.1. The minimum atomic E-state index is -0.778. The number of ether oxygens (including phenoxy) is 2. The average molecular weight is 209 g/mol. The number of nitrogens with two attached hydrogens (primary N) is 1. The molecule has 0 atom stereocenters. The fourth-order valence-electron chi connectivity index (χ4n) is 1.26. The summed E-state index contributed by atoms with van der Waals surface area (Å²) in [6, 6.07) is 5.90. The number of amides is 1. The number of carbonyl (C=O) groups excluding carboxylic acids is 1. The first kappa shape index (κ1) is 11.4. The van der Waals surface area contributed by atoms with Gasteiger partial charge in [-0.1, -0.05) is 17.7 Å². The summed E-state index contributed by atoms with van der Waals surface area (Å²) in [5.74, 6) is 0.800. The summed E-state index contributed by atoms with van der Waals surface area (Å²) < 4.78 is 9.95. The van der Waals surface area contributed by atoms with Gasteiger partial charge in [-0.05, 0) is 25.5 Å². The van der Waals surface area contributed by atoms with Crippen LogP contribution in [0.1, 0.15) is 11.1 Å². The van der Waals surface area contributed by atoms with Gasteiger partial charge in [0.05, 0.1) is 0 Å². The van der Waals surface area contributed by atoms with Crippen LogP contribution in [0.2, 0.25) is 0 Å². The molecule has 0 aromatic heterocycles. The topological polar surface area (TPSA) is 61.6 Å². The SMILES string of the molecule is Cc1ccc(OCCOC(N)=O)c(C)c1. The molecule has 4 heteroatoms. The first-order valence-electron chi connectivity index (χ1n) is 4.72. The van der Waals surface area contributed by atoms with Crippen molar-refractivity contribution in [3.05, 3.63) is 29.3 Å². The molecule has 0 saturated heterocycles. The zero-order valence-corrected chi connectivity index (χ0v) is 8.95. The Balaban J connectivity index is 2.40. The summed E-state index contributed by atoms with van der Waals surface area (Å²) in [6.45, 7) is 4.47. The Kier molecular flexibility index (Phi) is 3.97. The molecule has 0 aliphatic carbocycles. The van der Waals surface area contributed by atoms with Crippen molar-refractivity contribution in [1.29, 1.82) is 0 Å². The van der Waals surface area contributed by atoms with E-state index in [2.05, 4.69) is 4.74 Å². The standard InChI is InChI=1S/C11H15NO3/c1-8-3-4-10(9(2)7-8)14-5-6-15-11(12)13/h3-4,7H,5-6H2,1-2H3,(H2,12,13). The second-order valence-electron chi connectivity index (χ2n) is 3.28. The van der Waals surface area contributed by atoms with Crippen LogP contribution in [0.25, 0.3) is 0 Å². The Hall–Kier alpha value is -1.71. The molecule has 0 saturated carbocycles. The van der Waals surface area contributed by atoms with Crippen molar-refractivity contribution < 1.29 is 14.3 Å². The third-order valence-corrected chi connectivity index (χ3v) is 1.92. The summed E-state index contributed by atoms with van der Waals surface area (Å²) >= 11 is 0. The van der Waals surface area contributed by atoms with E-state index in [1.807, 2.05) is 32.0 Å². The minimum absolute atomic E-state index is 0.169. The highest BCUT2D eigenvalue weighted by Crippen LogP contribution is 2.18. The van der Waals surface area contributed by atoms with E-state index in [1.54, 1.807) is 0 Å². The lowest BCUT2D eigenvalue weighted by Crippen LogP contribution is -2.17. The summed E-state index contributed by atoms with van der Waals surface area (Å²) in [4.78, 5) is 10.3. The quantitative estimate of drug-likeness (QED) is 0.769. The van der Waals surface area contributed by atoms with Gasteiger partial charge in [-0.3, -0.25) is 0 Å². The number of benzene rings is 1. The zero-order valence-electron chi connectivity index (χ0n) is 8.95. The normalized spacial score (nSPS) is 9.73. The van der Waals surface area contributed by atoms with Crippen LogP contribution >= 0.6 is 0 Å². The number of carbonyl (C=O) groups is 1. The molecular formula is C11H15NO3. The molecule has 4 nitrogen and oxygen atoms in total. The van der Waals surface area contributed by atoms with E-state index in [9.17, 15) is 4.79 Å². The molecule has 15 heavy (non-hydrogen) atoms. The molecule has 0 heterocycles. The van der Waals surface area contributed by atoms with E-state index in [4.69, 9.17) is 10.5 Å². The summed E-state index contributed by atoms with van der Waals surface area (Å²) in [5.41, 5.74) is 7.06. The third-order valence-electron chi connectivity index (χ3n) is 1.92. The van der Waals surface area contributed by atoms with E-state index in [0.717, 1.165) is 11.3 Å². The second kappa shape index (κ2) is 5.24. The van der Waals surface area contributed by atoms with Crippen LogP contribution in [0.15, 0.2) is 18.2 Å². The van der Waals surface area contributed by atoms with Gasteiger partial charge in [-0.2, -0.15) is 0 Å². The molecule has 1 aromatic carbocycles. The van der Waals surface area contributed by atoms with Crippen LogP contribution in [0.5, 0.6) is 5.75 Å². The average Bonchev–Trinajstić information content (AvgIpc) is 2.14. The van der Waals surface area contributed by atoms with Crippen molar-refractivity contribution in [2.24, 2.45) is 5.73 Å². The van der Waals surface area contributed by atoms with Gasteiger partial charge in [0.1, 0.15) is 19.0 Å². The maximum absolute atomic E-state index is 10.3. The van der Waals surface area contributed by atoms with Crippen molar-refractivity contribution in [3.8, 4) is 5.75 Å². The molecule has 1 rings (SSSR count). The molecule has 0 unspecified atom stereocenters. The van der Waals surface area contributed by atoms with Crippen molar-refractivity contribution in [2.75, 3.05) is 13.2 Å². The highest BCUT2D eigenvalue weighted by atomic mass is 16.6. The number of rotatable bonds is 4. The first-order valence-corrected chi connectivity index (χ1v) is 4.72. The molecule has 0 bridgehead atoms. The number of hydrogen-bond acceptors (Lipinski definition) is 3. The van der Waals surface area contributed by atoms with Crippen molar-refractivity contribution in [1.82, 2.24) is 0 Å². The van der Waals surface area contributed by atoms with Gasteiger partial charge >= 0.3 is 6.09 Å². The molecule has 1 amide bonds. The maximum Gasteiger partial charge on any atom is 0.404 e. The Morgan fingerprint density at radius 1 is 1.33 bits per heavy atom. The largest absolute Gasteiger partial charge is 0.490 e. The molecule has 0 radical (unpaired) electrons. The summed E-state index contributed by atoms with van der Waals surface area (Å²) in [6.07, 6.45) is -0.778. The monoisotopic (exact) mass is 209 g/mol. The van der Waals surface area contributed by atoms with E-state index in [0.29, 0.717) is 6.61 Å². The van der Waals surface area contributed by atoms with Crippen LogP contribution in [0.3, 0.4) is 0 Å². The molecule has 1 aromatic rings.